The predicted octanol–water partition coefficient (Wildman–Crippen LogP) is 1.26. The Kier molecular flexibility index (Phi) is 2.68. The van der Waals surface area contributed by atoms with E-state index >= 15 is 0 Å². The van der Waals surface area contributed by atoms with Gasteiger partial charge in [-0.1, -0.05) is 0 Å². The molecule has 3 aromatic heterocycles. The number of furan rings is 1. The highest BCUT2D eigenvalue weighted by molar-refractivity contribution is 5.60. The van der Waals surface area contributed by atoms with Crippen molar-refractivity contribution >= 4 is 11.5 Å². The van der Waals surface area contributed by atoms with Crippen molar-refractivity contribution in [3.63, 3.8) is 0 Å². The Balaban J connectivity index is 1.89. The van der Waals surface area contributed by atoms with Gasteiger partial charge in [-0.15, -0.1) is 5.10 Å². The summed E-state index contributed by atoms with van der Waals surface area (Å²) in [6.45, 7) is 3.22. The topological polar surface area (TPSA) is 79.7 Å². The van der Waals surface area contributed by atoms with Crippen LogP contribution < -0.4 is 4.90 Å². The second kappa shape index (κ2) is 4.56. The van der Waals surface area contributed by atoms with E-state index in [2.05, 4.69) is 20.0 Å². The average molecular weight is 285 g/mol. The van der Waals surface area contributed by atoms with Crippen LogP contribution >= 0.6 is 0 Å². The largest absolute Gasteiger partial charge is 0.461 e. The number of hydrogen-bond donors (Lipinski definition) is 1. The summed E-state index contributed by atoms with van der Waals surface area (Å²) in [6, 6.07) is 5.56. The molecular weight excluding hydrogens is 270 g/mol. The average Bonchev–Trinajstić information content (AvgIpc) is 3.16. The van der Waals surface area contributed by atoms with E-state index in [9.17, 15) is 5.11 Å². The van der Waals surface area contributed by atoms with E-state index < -0.39 is 0 Å². The number of nitrogens with zero attached hydrogens (tertiary/aromatic N) is 5. The van der Waals surface area contributed by atoms with Crippen LogP contribution in [0.2, 0.25) is 0 Å². The summed E-state index contributed by atoms with van der Waals surface area (Å²) in [4.78, 5) is 11.1. The molecule has 1 N–H and O–H groups in total. The normalized spacial score (nSPS) is 18.8. The predicted molar refractivity (Wildman–Crippen MR) is 76.1 cm³/mol. The molecule has 4 heterocycles. The highest BCUT2D eigenvalue weighted by atomic mass is 16.3. The highest BCUT2D eigenvalue weighted by Gasteiger charge is 2.23. The standard InChI is InChI=1S/C14H15N5O2/c1-9-15-13-7-12(18-5-4-10(20)8-18)16-14(19(13)17-9)11-3-2-6-21-11/h2-3,6-7,10,20H,4-5,8H2,1H3/t10-/m1/s1. The molecule has 0 aromatic carbocycles. The van der Waals surface area contributed by atoms with Crippen LogP contribution in [0.15, 0.2) is 28.9 Å². The van der Waals surface area contributed by atoms with Crippen LogP contribution in [0.1, 0.15) is 12.2 Å². The second-order valence-corrected chi connectivity index (χ2v) is 5.23. The smallest absolute Gasteiger partial charge is 0.200 e. The zero-order valence-corrected chi connectivity index (χ0v) is 11.6. The first-order valence-corrected chi connectivity index (χ1v) is 6.92. The Bertz CT molecular complexity index is 780. The second-order valence-electron chi connectivity index (χ2n) is 5.23. The molecule has 7 nitrogen and oxygen atoms in total. The third kappa shape index (κ3) is 2.06. The lowest BCUT2D eigenvalue weighted by Crippen LogP contribution is -2.22. The molecule has 0 bridgehead atoms. The van der Waals surface area contributed by atoms with E-state index in [-0.39, 0.29) is 6.10 Å². The summed E-state index contributed by atoms with van der Waals surface area (Å²) in [5.41, 5.74) is 0.727. The molecule has 1 atom stereocenters. The SMILES string of the molecule is Cc1nc2cc(N3CC[C@@H](O)C3)nc(-c3ccco3)n2n1. The van der Waals surface area contributed by atoms with Gasteiger partial charge in [0.1, 0.15) is 11.6 Å². The quantitative estimate of drug-likeness (QED) is 0.763. The van der Waals surface area contributed by atoms with Crippen molar-refractivity contribution in [2.75, 3.05) is 18.0 Å². The number of aromatic nitrogens is 4. The van der Waals surface area contributed by atoms with Crippen LogP contribution in [0.4, 0.5) is 5.82 Å². The first kappa shape index (κ1) is 12.3. The van der Waals surface area contributed by atoms with Crippen molar-refractivity contribution in [2.24, 2.45) is 0 Å². The number of fused-ring (bicyclic) bond motifs is 1. The zero-order valence-electron chi connectivity index (χ0n) is 11.6. The van der Waals surface area contributed by atoms with E-state index in [1.54, 1.807) is 10.8 Å². The Hall–Kier alpha value is -2.41. The number of anilines is 1. The summed E-state index contributed by atoms with van der Waals surface area (Å²) in [5, 5.41) is 14.1. The highest BCUT2D eigenvalue weighted by Crippen LogP contribution is 2.25. The van der Waals surface area contributed by atoms with E-state index in [1.807, 2.05) is 25.1 Å². The minimum atomic E-state index is -0.297. The molecule has 1 aliphatic heterocycles. The maximum atomic E-state index is 9.71. The number of aryl methyl sites for hydroxylation is 1. The van der Waals surface area contributed by atoms with Gasteiger partial charge in [-0.05, 0) is 25.5 Å². The van der Waals surface area contributed by atoms with Gasteiger partial charge in [-0.2, -0.15) is 4.52 Å². The van der Waals surface area contributed by atoms with Crippen molar-refractivity contribution in [1.29, 1.82) is 0 Å². The number of β-amino-alcohol motifs (C(OH)–C–C–N with tert-alkyl or cyclic N) is 1. The van der Waals surface area contributed by atoms with Crippen LogP contribution in [-0.4, -0.2) is 43.9 Å². The van der Waals surface area contributed by atoms with Crippen molar-refractivity contribution in [3.8, 4) is 11.6 Å². The lowest BCUT2D eigenvalue weighted by molar-refractivity contribution is 0.198. The number of aliphatic hydroxyl groups is 1. The summed E-state index contributed by atoms with van der Waals surface area (Å²) in [7, 11) is 0. The first-order valence-electron chi connectivity index (χ1n) is 6.92. The van der Waals surface area contributed by atoms with Gasteiger partial charge in [0, 0.05) is 19.2 Å². The molecule has 0 aliphatic carbocycles. The maximum absolute atomic E-state index is 9.71. The van der Waals surface area contributed by atoms with Gasteiger partial charge in [0.05, 0.1) is 12.4 Å². The molecule has 1 aliphatic rings. The van der Waals surface area contributed by atoms with Crippen molar-refractivity contribution in [2.45, 2.75) is 19.4 Å². The van der Waals surface area contributed by atoms with Crippen LogP contribution in [0.5, 0.6) is 0 Å². The molecular formula is C14H15N5O2. The van der Waals surface area contributed by atoms with Gasteiger partial charge >= 0.3 is 0 Å². The summed E-state index contributed by atoms with van der Waals surface area (Å²) in [6.07, 6.45) is 2.07. The molecule has 0 saturated carbocycles. The fraction of sp³-hybridized carbons (Fsp3) is 0.357. The maximum Gasteiger partial charge on any atom is 0.200 e. The third-order valence-corrected chi connectivity index (χ3v) is 3.65. The number of hydrogen-bond acceptors (Lipinski definition) is 6. The number of rotatable bonds is 2. The zero-order chi connectivity index (χ0) is 14.4. The molecule has 1 fully saturated rings. The van der Waals surface area contributed by atoms with Crippen LogP contribution in [0.3, 0.4) is 0 Å². The molecule has 108 valence electrons. The fourth-order valence-corrected chi connectivity index (χ4v) is 2.66. The molecule has 0 radical (unpaired) electrons. The Morgan fingerprint density at radius 1 is 1.38 bits per heavy atom. The fourth-order valence-electron chi connectivity index (χ4n) is 2.66. The van der Waals surface area contributed by atoms with E-state index in [4.69, 9.17) is 4.42 Å². The molecule has 0 spiro atoms. The van der Waals surface area contributed by atoms with Crippen LogP contribution in [-0.2, 0) is 0 Å². The lowest BCUT2D eigenvalue weighted by Gasteiger charge is -2.17. The Morgan fingerprint density at radius 3 is 3.00 bits per heavy atom. The van der Waals surface area contributed by atoms with Gasteiger partial charge in [0.15, 0.2) is 11.4 Å². The Morgan fingerprint density at radius 2 is 2.29 bits per heavy atom. The van der Waals surface area contributed by atoms with Gasteiger partial charge < -0.3 is 14.4 Å². The summed E-state index contributed by atoms with van der Waals surface area (Å²) < 4.78 is 7.14. The van der Waals surface area contributed by atoms with Crippen molar-refractivity contribution in [3.05, 3.63) is 30.3 Å². The van der Waals surface area contributed by atoms with Crippen molar-refractivity contribution in [1.82, 2.24) is 19.6 Å². The lowest BCUT2D eigenvalue weighted by atomic mass is 10.3. The molecule has 3 aromatic rings. The third-order valence-electron chi connectivity index (χ3n) is 3.65. The summed E-state index contributed by atoms with van der Waals surface area (Å²) >= 11 is 0. The van der Waals surface area contributed by atoms with Crippen molar-refractivity contribution < 1.29 is 9.52 Å². The summed E-state index contributed by atoms with van der Waals surface area (Å²) in [5.74, 6) is 2.74. The van der Waals surface area contributed by atoms with E-state index in [0.717, 1.165) is 24.4 Å². The first-order chi connectivity index (χ1) is 10.2. The van der Waals surface area contributed by atoms with Crippen LogP contribution in [0, 0.1) is 6.92 Å². The molecule has 7 heteroatoms. The molecule has 0 unspecified atom stereocenters. The van der Waals surface area contributed by atoms with E-state index in [1.165, 1.54) is 0 Å². The molecule has 1 saturated heterocycles. The van der Waals surface area contributed by atoms with Gasteiger partial charge in [-0.3, -0.25) is 0 Å². The van der Waals surface area contributed by atoms with Gasteiger partial charge in [0.2, 0.25) is 5.82 Å². The molecule has 21 heavy (non-hydrogen) atoms. The molecule has 4 rings (SSSR count). The minimum Gasteiger partial charge on any atom is -0.461 e. The minimum absolute atomic E-state index is 0.297. The van der Waals surface area contributed by atoms with Gasteiger partial charge in [-0.25, -0.2) is 9.97 Å². The monoisotopic (exact) mass is 285 g/mol. The van der Waals surface area contributed by atoms with E-state index in [0.29, 0.717) is 24.0 Å². The van der Waals surface area contributed by atoms with Crippen LogP contribution in [0.25, 0.3) is 17.2 Å². The van der Waals surface area contributed by atoms with Gasteiger partial charge in [0.25, 0.3) is 0 Å². The molecule has 0 amide bonds. The number of aliphatic hydroxyl groups excluding tert-OH is 1. The Labute approximate surface area is 120 Å².